The summed E-state index contributed by atoms with van der Waals surface area (Å²) in [5.41, 5.74) is 0.774. The average Bonchev–Trinajstić information content (AvgIpc) is 3.16. The van der Waals surface area contributed by atoms with Gasteiger partial charge in [0, 0.05) is 23.2 Å². The van der Waals surface area contributed by atoms with Crippen molar-refractivity contribution in [3.05, 3.63) is 40.6 Å². The van der Waals surface area contributed by atoms with Gasteiger partial charge in [-0.05, 0) is 49.8 Å². The van der Waals surface area contributed by atoms with Crippen molar-refractivity contribution in [2.45, 2.75) is 40.7 Å². The highest BCUT2D eigenvalue weighted by atomic mass is 32.1. The summed E-state index contributed by atoms with van der Waals surface area (Å²) < 4.78 is 5.98. The summed E-state index contributed by atoms with van der Waals surface area (Å²) in [4.78, 5) is 28.2. The Morgan fingerprint density at radius 3 is 2.79 bits per heavy atom. The number of ether oxygens (including phenoxy) is 1. The van der Waals surface area contributed by atoms with Gasteiger partial charge >= 0.3 is 6.03 Å². The summed E-state index contributed by atoms with van der Waals surface area (Å²) in [6, 6.07) is 9.10. The molecular formula is C22H29N3O3S. The highest BCUT2D eigenvalue weighted by Crippen LogP contribution is 2.38. The van der Waals surface area contributed by atoms with Crippen LogP contribution in [0, 0.1) is 11.3 Å². The number of carbonyl (C=O) groups excluding carboxylic acids is 2. The molecule has 0 unspecified atom stereocenters. The summed E-state index contributed by atoms with van der Waals surface area (Å²) in [7, 11) is 0. The molecule has 2 heterocycles. The number of anilines is 2. The Morgan fingerprint density at radius 1 is 1.31 bits per heavy atom. The number of hydrogen-bond donors (Lipinski definition) is 2. The first-order valence-electron chi connectivity index (χ1n) is 9.92. The van der Waals surface area contributed by atoms with E-state index < -0.39 is 5.41 Å². The van der Waals surface area contributed by atoms with Crippen LogP contribution >= 0.6 is 11.3 Å². The summed E-state index contributed by atoms with van der Waals surface area (Å²) in [5.74, 6) is 1.17. The number of fused-ring (bicyclic) bond motifs is 1. The molecule has 3 amide bonds. The Bertz CT molecular complexity index is 862. The third-order valence-electron chi connectivity index (χ3n) is 4.85. The van der Waals surface area contributed by atoms with Gasteiger partial charge in [-0.3, -0.25) is 4.79 Å². The monoisotopic (exact) mass is 415 g/mol. The molecule has 0 saturated carbocycles. The topological polar surface area (TPSA) is 70.7 Å². The second-order valence-corrected chi connectivity index (χ2v) is 9.41. The van der Waals surface area contributed by atoms with Crippen molar-refractivity contribution in [2.24, 2.45) is 11.3 Å². The van der Waals surface area contributed by atoms with Crippen LogP contribution in [0.3, 0.4) is 0 Å². The molecule has 1 aromatic heterocycles. The third-order valence-corrected chi connectivity index (χ3v) is 5.73. The first kappa shape index (κ1) is 21.2. The second-order valence-electron chi connectivity index (χ2n) is 8.38. The molecule has 1 aromatic carbocycles. The van der Waals surface area contributed by atoms with Crippen LogP contribution in [-0.2, 0) is 11.3 Å². The van der Waals surface area contributed by atoms with E-state index in [1.165, 1.54) is 0 Å². The molecular weight excluding hydrogens is 386 g/mol. The number of amides is 3. The molecule has 6 nitrogen and oxygen atoms in total. The Morgan fingerprint density at radius 2 is 2.10 bits per heavy atom. The molecule has 29 heavy (non-hydrogen) atoms. The van der Waals surface area contributed by atoms with Crippen molar-refractivity contribution < 1.29 is 14.3 Å². The molecule has 0 radical (unpaired) electrons. The number of thiophene rings is 1. The largest absolute Gasteiger partial charge is 0.490 e. The lowest BCUT2D eigenvalue weighted by molar-refractivity contribution is -0.127. The van der Waals surface area contributed by atoms with E-state index in [2.05, 4.69) is 24.5 Å². The smallest absolute Gasteiger partial charge is 0.319 e. The number of benzene rings is 1. The number of nitrogens with zero attached hydrogens (tertiary/aromatic N) is 1. The molecule has 0 spiro atoms. The third kappa shape index (κ3) is 5.29. The van der Waals surface area contributed by atoms with Crippen molar-refractivity contribution in [2.75, 3.05) is 23.4 Å². The molecule has 1 aliphatic rings. The minimum Gasteiger partial charge on any atom is -0.490 e. The van der Waals surface area contributed by atoms with Gasteiger partial charge in [0.1, 0.15) is 12.4 Å². The fourth-order valence-electron chi connectivity index (χ4n) is 3.09. The number of hydrogen-bond acceptors (Lipinski definition) is 4. The van der Waals surface area contributed by atoms with Crippen molar-refractivity contribution in [1.82, 2.24) is 5.32 Å². The zero-order valence-corrected chi connectivity index (χ0v) is 18.3. The highest BCUT2D eigenvalue weighted by Gasteiger charge is 2.37. The van der Waals surface area contributed by atoms with E-state index in [1.54, 1.807) is 23.5 Å². The van der Waals surface area contributed by atoms with Crippen LogP contribution in [0.15, 0.2) is 35.7 Å². The quantitative estimate of drug-likeness (QED) is 0.707. The van der Waals surface area contributed by atoms with E-state index >= 15 is 0 Å². The molecule has 3 rings (SSSR count). The molecule has 7 heteroatoms. The summed E-state index contributed by atoms with van der Waals surface area (Å²) >= 11 is 1.60. The average molecular weight is 416 g/mol. The van der Waals surface area contributed by atoms with E-state index in [1.807, 2.05) is 42.3 Å². The normalized spacial score (nSPS) is 15.5. The standard InChI is InChI=1S/C22H29N3O3S/c1-15(2)9-10-25-18-8-7-16(12-19(18)28-14-22(3,4)20(25)26)24-21(27)23-13-17-6-5-11-29-17/h5-8,11-12,15H,9-10,13-14H2,1-4H3,(H2,23,24,27). The highest BCUT2D eigenvalue weighted by molar-refractivity contribution is 7.09. The maximum atomic E-state index is 13.1. The van der Waals surface area contributed by atoms with E-state index in [4.69, 9.17) is 4.74 Å². The van der Waals surface area contributed by atoms with Crippen LogP contribution in [0.4, 0.5) is 16.2 Å². The van der Waals surface area contributed by atoms with Crippen LogP contribution < -0.4 is 20.3 Å². The van der Waals surface area contributed by atoms with Crippen LogP contribution in [-0.4, -0.2) is 25.1 Å². The second kappa shape index (κ2) is 8.86. The Balaban J connectivity index is 1.75. The minimum atomic E-state index is -0.609. The van der Waals surface area contributed by atoms with Crippen LogP contribution in [0.2, 0.25) is 0 Å². The van der Waals surface area contributed by atoms with Crippen molar-refractivity contribution in [3.8, 4) is 5.75 Å². The van der Waals surface area contributed by atoms with Gasteiger partial charge in [0.2, 0.25) is 5.91 Å². The lowest BCUT2D eigenvalue weighted by Crippen LogP contribution is -2.42. The maximum absolute atomic E-state index is 13.1. The fourth-order valence-corrected chi connectivity index (χ4v) is 3.73. The van der Waals surface area contributed by atoms with E-state index in [0.29, 0.717) is 37.1 Å². The SMILES string of the molecule is CC(C)CCN1C(=O)C(C)(C)COc2cc(NC(=O)NCc3cccs3)ccc21. The lowest BCUT2D eigenvalue weighted by atomic mass is 9.92. The summed E-state index contributed by atoms with van der Waals surface area (Å²) in [6.45, 7) is 9.52. The number of carbonyl (C=O) groups is 2. The minimum absolute atomic E-state index is 0.0614. The predicted octanol–water partition coefficient (Wildman–Crippen LogP) is 4.87. The fraction of sp³-hybridized carbons (Fsp3) is 0.455. The zero-order chi connectivity index (χ0) is 21.0. The maximum Gasteiger partial charge on any atom is 0.319 e. The van der Waals surface area contributed by atoms with Crippen LogP contribution in [0.1, 0.15) is 39.0 Å². The van der Waals surface area contributed by atoms with Gasteiger partial charge in [0.15, 0.2) is 0 Å². The number of urea groups is 1. The molecule has 0 aliphatic carbocycles. The van der Waals surface area contributed by atoms with Gasteiger partial charge in [-0.25, -0.2) is 4.79 Å². The van der Waals surface area contributed by atoms with Crippen molar-refractivity contribution in [1.29, 1.82) is 0 Å². The summed E-state index contributed by atoms with van der Waals surface area (Å²) in [5, 5.41) is 7.66. The Kier molecular flexibility index (Phi) is 6.47. The molecule has 0 bridgehead atoms. The molecule has 2 N–H and O–H groups in total. The van der Waals surface area contributed by atoms with Gasteiger partial charge in [-0.1, -0.05) is 19.9 Å². The van der Waals surface area contributed by atoms with E-state index in [0.717, 1.165) is 17.0 Å². The van der Waals surface area contributed by atoms with Crippen LogP contribution in [0.25, 0.3) is 0 Å². The first-order chi connectivity index (χ1) is 13.8. The Labute approximate surface area is 176 Å². The molecule has 2 aromatic rings. The van der Waals surface area contributed by atoms with Crippen molar-refractivity contribution in [3.63, 3.8) is 0 Å². The molecule has 0 fully saturated rings. The number of nitrogens with one attached hydrogen (secondary N) is 2. The van der Waals surface area contributed by atoms with Crippen molar-refractivity contribution >= 4 is 34.6 Å². The van der Waals surface area contributed by atoms with E-state index in [-0.39, 0.29) is 11.9 Å². The van der Waals surface area contributed by atoms with Gasteiger partial charge < -0.3 is 20.3 Å². The van der Waals surface area contributed by atoms with Gasteiger partial charge in [0.25, 0.3) is 0 Å². The first-order valence-corrected chi connectivity index (χ1v) is 10.8. The van der Waals surface area contributed by atoms with Gasteiger partial charge in [-0.2, -0.15) is 0 Å². The summed E-state index contributed by atoms with van der Waals surface area (Å²) in [6.07, 6.45) is 0.909. The van der Waals surface area contributed by atoms with Gasteiger partial charge in [-0.15, -0.1) is 11.3 Å². The molecule has 1 aliphatic heterocycles. The molecule has 0 saturated heterocycles. The van der Waals surface area contributed by atoms with Crippen LogP contribution in [0.5, 0.6) is 5.75 Å². The molecule has 0 atom stereocenters. The molecule has 156 valence electrons. The number of rotatable bonds is 6. The Hall–Kier alpha value is -2.54. The zero-order valence-electron chi connectivity index (χ0n) is 17.5. The predicted molar refractivity (Wildman–Crippen MR) is 118 cm³/mol. The van der Waals surface area contributed by atoms with E-state index in [9.17, 15) is 9.59 Å². The lowest BCUT2D eigenvalue weighted by Gasteiger charge is -2.28. The van der Waals surface area contributed by atoms with Gasteiger partial charge in [0.05, 0.1) is 17.6 Å².